The number of piperidine rings is 1. The highest BCUT2D eigenvalue weighted by atomic mass is 16.5. The molecule has 1 saturated heterocycles. The van der Waals surface area contributed by atoms with Crippen LogP contribution in [0.4, 0.5) is 5.82 Å². The number of hydrogen-bond acceptors (Lipinski definition) is 6. The Balaban J connectivity index is 1.45. The van der Waals surface area contributed by atoms with Gasteiger partial charge in [-0.15, -0.1) is 0 Å². The minimum Gasteiger partial charge on any atom is -0.436 e. The van der Waals surface area contributed by atoms with Crippen molar-refractivity contribution in [2.45, 2.75) is 18.9 Å². The zero-order chi connectivity index (χ0) is 20.0. The van der Waals surface area contributed by atoms with Gasteiger partial charge in [-0.1, -0.05) is 12.1 Å². The van der Waals surface area contributed by atoms with Crippen LogP contribution in [0.2, 0.25) is 0 Å². The first kappa shape index (κ1) is 17.8. The van der Waals surface area contributed by atoms with Crippen LogP contribution in [0.1, 0.15) is 18.9 Å². The summed E-state index contributed by atoms with van der Waals surface area (Å²) in [6, 6.07) is 9.85. The Hall–Kier alpha value is -3.23. The Bertz CT molecular complexity index is 1140. The average Bonchev–Trinajstić information content (AvgIpc) is 3.35. The van der Waals surface area contributed by atoms with Crippen molar-refractivity contribution in [1.29, 1.82) is 0 Å². The van der Waals surface area contributed by atoms with Crippen LogP contribution < -0.4 is 5.73 Å². The summed E-state index contributed by atoms with van der Waals surface area (Å²) in [4.78, 5) is 8.89. The molecule has 0 aliphatic carbocycles. The minimum absolute atomic E-state index is 0.0837. The van der Waals surface area contributed by atoms with E-state index >= 15 is 0 Å². The quantitative estimate of drug-likeness (QED) is 0.518. The van der Waals surface area contributed by atoms with E-state index in [0.29, 0.717) is 28.9 Å². The third-order valence-corrected chi connectivity index (χ3v) is 5.64. The highest BCUT2D eigenvalue weighted by molar-refractivity contribution is 5.80. The number of nitrogens with zero attached hydrogens (tertiary/aromatic N) is 5. The van der Waals surface area contributed by atoms with Crippen LogP contribution in [0.5, 0.6) is 0 Å². The maximum atomic E-state index is 10.1. The van der Waals surface area contributed by atoms with E-state index < -0.39 is 0 Å². The van der Waals surface area contributed by atoms with Gasteiger partial charge in [0.2, 0.25) is 5.89 Å². The molecule has 0 bridgehead atoms. The van der Waals surface area contributed by atoms with E-state index in [9.17, 15) is 5.21 Å². The first-order valence-corrected chi connectivity index (χ1v) is 9.72. The number of rotatable bonds is 3. The monoisotopic (exact) mass is 391 g/mol. The topological polar surface area (TPSA) is 103 Å². The molecule has 1 fully saturated rings. The van der Waals surface area contributed by atoms with E-state index in [4.69, 9.17) is 10.2 Å². The number of quaternary nitrogens is 1. The zero-order valence-electron chi connectivity index (χ0n) is 16.2. The van der Waals surface area contributed by atoms with Crippen LogP contribution in [-0.4, -0.2) is 49.7 Å². The van der Waals surface area contributed by atoms with E-state index in [2.05, 4.69) is 15.1 Å². The summed E-state index contributed by atoms with van der Waals surface area (Å²) in [5.74, 6) is 0.831. The Morgan fingerprint density at radius 2 is 1.97 bits per heavy atom. The van der Waals surface area contributed by atoms with Crippen molar-refractivity contribution >= 4 is 16.9 Å². The third-order valence-electron chi connectivity index (χ3n) is 5.64. The molecule has 3 aromatic heterocycles. The van der Waals surface area contributed by atoms with Crippen LogP contribution >= 0.6 is 0 Å². The fraction of sp³-hybridized carbons (Fsp3) is 0.286. The highest BCUT2D eigenvalue weighted by Gasteiger charge is 2.30. The van der Waals surface area contributed by atoms with E-state index in [1.54, 1.807) is 6.20 Å². The van der Waals surface area contributed by atoms with Gasteiger partial charge >= 0.3 is 0 Å². The number of benzene rings is 1. The number of nitrogen functional groups attached to an aromatic ring is 1. The molecule has 0 atom stereocenters. The second kappa shape index (κ2) is 6.68. The molecule has 4 heterocycles. The molecule has 0 saturated carbocycles. The first-order valence-electron chi connectivity index (χ1n) is 9.72. The van der Waals surface area contributed by atoms with Gasteiger partial charge in [0.25, 0.3) is 0 Å². The predicted molar refractivity (Wildman–Crippen MR) is 109 cm³/mol. The summed E-state index contributed by atoms with van der Waals surface area (Å²) in [5.41, 5.74) is 10.1. The number of anilines is 1. The van der Waals surface area contributed by atoms with Crippen LogP contribution in [0.25, 0.3) is 33.7 Å². The van der Waals surface area contributed by atoms with Crippen molar-refractivity contribution < 1.29 is 14.3 Å². The maximum absolute atomic E-state index is 10.1. The number of likely N-dealkylation sites (tertiary alicyclic amines) is 1. The molecule has 148 valence electrons. The molecule has 1 aliphatic rings. The largest absolute Gasteiger partial charge is 0.436 e. The minimum atomic E-state index is 0.0837. The second-order valence-corrected chi connectivity index (χ2v) is 7.87. The summed E-state index contributed by atoms with van der Waals surface area (Å²) in [7, 11) is 1.85. The van der Waals surface area contributed by atoms with E-state index in [1.165, 1.54) is 0 Å². The van der Waals surface area contributed by atoms with Gasteiger partial charge in [-0.3, -0.25) is 4.68 Å². The SMILES string of the molecule is C[N+]1(O)CCC(n2cc(-c3cnc(N)c(-c4nc5ccccc5o4)c3)cn2)CC1. The molecule has 5 rings (SSSR count). The summed E-state index contributed by atoms with van der Waals surface area (Å²) in [6.45, 7) is 1.45. The lowest BCUT2D eigenvalue weighted by Crippen LogP contribution is -2.47. The molecule has 3 N–H and O–H groups in total. The van der Waals surface area contributed by atoms with E-state index in [-0.39, 0.29) is 4.65 Å². The third kappa shape index (κ3) is 3.37. The number of aromatic nitrogens is 4. The van der Waals surface area contributed by atoms with Gasteiger partial charge in [-0.25, -0.2) is 15.2 Å². The molecule has 1 aliphatic heterocycles. The van der Waals surface area contributed by atoms with Gasteiger partial charge in [0.1, 0.15) is 24.4 Å². The molecule has 0 unspecified atom stereocenters. The number of hydroxylamine groups is 3. The van der Waals surface area contributed by atoms with Gasteiger partial charge in [-0.05, 0) is 18.2 Å². The van der Waals surface area contributed by atoms with Crippen molar-refractivity contribution in [3.8, 4) is 22.6 Å². The Morgan fingerprint density at radius 3 is 2.76 bits per heavy atom. The molecule has 8 heteroatoms. The number of hydrogen-bond donors (Lipinski definition) is 2. The zero-order valence-corrected chi connectivity index (χ0v) is 16.2. The fourth-order valence-corrected chi connectivity index (χ4v) is 3.85. The predicted octanol–water partition coefficient (Wildman–Crippen LogP) is 3.51. The van der Waals surface area contributed by atoms with Gasteiger partial charge in [-0.2, -0.15) is 9.75 Å². The van der Waals surface area contributed by atoms with Crippen molar-refractivity contribution in [1.82, 2.24) is 19.7 Å². The Morgan fingerprint density at radius 1 is 1.17 bits per heavy atom. The van der Waals surface area contributed by atoms with E-state index in [1.807, 2.05) is 54.5 Å². The normalized spacial score (nSPS) is 22.2. The summed E-state index contributed by atoms with van der Waals surface area (Å²) in [6.07, 6.45) is 7.39. The number of fused-ring (bicyclic) bond motifs is 1. The maximum Gasteiger partial charge on any atom is 0.231 e. The lowest BCUT2D eigenvalue weighted by atomic mass is 10.1. The lowest BCUT2D eigenvalue weighted by Gasteiger charge is -2.33. The second-order valence-electron chi connectivity index (χ2n) is 7.87. The number of pyridine rings is 1. The van der Waals surface area contributed by atoms with Crippen LogP contribution in [0.3, 0.4) is 0 Å². The Kier molecular flexibility index (Phi) is 4.11. The van der Waals surface area contributed by atoms with Crippen LogP contribution in [-0.2, 0) is 0 Å². The molecular weight excluding hydrogens is 368 g/mol. The summed E-state index contributed by atoms with van der Waals surface area (Å²) >= 11 is 0. The van der Waals surface area contributed by atoms with Crippen LogP contribution in [0.15, 0.2) is 53.3 Å². The highest BCUT2D eigenvalue weighted by Crippen LogP contribution is 2.32. The fourth-order valence-electron chi connectivity index (χ4n) is 3.85. The molecular formula is C21H23N6O2+. The number of oxazole rings is 1. The number of nitrogens with two attached hydrogens (primary N) is 1. The van der Waals surface area contributed by atoms with Gasteiger partial charge in [0, 0.05) is 36.4 Å². The van der Waals surface area contributed by atoms with Crippen molar-refractivity contribution in [2.75, 3.05) is 25.9 Å². The number of para-hydroxylation sites is 2. The lowest BCUT2D eigenvalue weighted by molar-refractivity contribution is -1.09. The molecule has 0 spiro atoms. The summed E-state index contributed by atoms with van der Waals surface area (Å²) in [5, 5.41) is 14.7. The smallest absolute Gasteiger partial charge is 0.231 e. The Labute approximate surface area is 167 Å². The van der Waals surface area contributed by atoms with Crippen molar-refractivity contribution in [2.24, 2.45) is 0 Å². The van der Waals surface area contributed by atoms with Crippen molar-refractivity contribution in [3.63, 3.8) is 0 Å². The molecule has 8 nitrogen and oxygen atoms in total. The molecule has 4 aromatic rings. The summed E-state index contributed by atoms with van der Waals surface area (Å²) < 4.78 is 7.94. The average molecular weight is 391 g/mol. The van der Waals surface area contributed by atoms with Gasteiger partial charge in [0.05, 0.1) is 24.8 Å². The first-order chi connectivity index (χ1) is 14.0. The van der Waals surface area contributed by atoms with Gasteiger partial charge in [0.15, 0.2) is 5.58 Å². The van der Waals surface area contributed by atoms with Crippen LogP contribution in [0, 0.1) is 0 Å². The van der Waals surface area contributed by atoms with Crippen molar-refractivity contribution in [3.05, 3.63) is 48.9 Å². The molecule has 0 radical (unpaired) electrons. The molecule has 0 amide bonds. The standard InChI is InChI=1S/C21H23N6O2/c1-27(28)8-6-16(7-9-27)26-13-15(12-24-26)14-10-17(20(22)23-11-14)21-25-18-4-2-3-5-19(18)29-21/h2-5,10-13,16,28H,6-9H2,1H3,(H2,22,23)/q+1. The van der Waals surface area contributed by atoms with E-state index in [0.717, 1.165) is 42.6 Å². The van der Waals surface area contributed by atoms with Gasteiger partial charge < -0.3 is 10.2 Å². The molecule has 1 aromatic carbocycles. The molecule has 29 heavy (non-hydrogen) atoms.